The van der Waals surface area contributed by atoms with Crippen LogP contribution < -0.4 is 5.32 Å². The second-order valence-corrected chi connectivity index (χ2v) is 6.47. The molecule has 0 radical (unpaired) electrons. The van der Waals surface area contributed by atoms with Gasteiger partial charge >= 0.3 is 0 Å². The number of rotatable bonds is 7. The first-order valence-electron chi connectivity index (χ1n) is 7.19. The molecule has 6 heteroatoms. The van der Waals surface area contributed by atoms with Gasteiger partial charge in [-0.05, 0) is 36.5 Å². The molecule has 1 unspecified atom stereocenters. The summed E-state index contributed by atoms with van der Waals surface area (Å²) >= 11 is 1.76. The molecule has 1 amide bonds. The van der Waals surface area contributed by atoms with E-state index < -0.39 is 0 Å². The lowest BCUT2D eigenvalue weighted by Crippen LogP contribution is -2.31. The quantitative estimate of drug-likeness (QED) is 0.854. The maximum Gasteiger partial charge on any atom is 0.220 e. The zero-order valence-electron chi connectivity index (χ0n) is 12.7. The normalized spacial score (nSPS) is 12.8. The van der Waals surface area contributed by atoms with Crippen LogP contribution in [0, 0.1) is 5.92 Å². The second kappa shape index (κ2) is 7.45. The molecule has 1 N–H and O–H groups in total. The Labute approximate surface area is 129 Å². The van der Waals surface area contributed by atoms with Gasteiger partial charge in [0.1, 0.15) is 0 Å². The highest BCUT2D eigenvalue weighted by Gasteiger charge is 2.20. The van der Waals surface area contributed by atoms with Gasteiger partial charge < -0.3 is 5.32 Å². The monoisotopic (exact) mass is 306 g/mol. The third kappa shape index (κ3) is 4.20. The first-order valence-corrected chi connectivity index (χ1v) is 8.59. The summed E-state index contributed by atoms with van der Waals surface area (Å²) in [5, 5.41) is 11.5. The molecule has 0 aliphatic heterocycles. The number of aromatic nitrogens is 3. The van der Waals surface area contributed by atoms with Gasteiger partial charge in [-0.25, -0.2) is 0 Å². The highest BCUT2D eigenvalue weighted by Crippen LogP contribution is 2.18. The lowest BCUT2D eigenvalue weighted by Gasteiger charge is -2.17. The van der Waals surface area contributed by atoms with Gasteiger partial charge in [-0.15, -0.1) is 10.2 Å². The SMILES string of the molecule is CSCCC(NC(=O)CC(C)C)c1nnc2ccccn12. The van der Waals surface area contributed by atoms with E-state index in [0.29, 0.717) is 12.3 Å². The van der Waals surface area contributed by atoms with Gasteiger partial charge in [0, 0.05) is 12.6 Å². The van der Waals surface area contributed by atoms with Crippen LogP contribution in [-0.4, -0.2) is 32.5 Å². The van der Waals surface area contributed by atoms with Crippen molar-refractivity contribution in [2.24, 2.45) is 5.92 Å². The van der Waals surface area contributed by atoms with Crippen LogP contribution in [0.25, 0.3) is 5.65 Å². The van der Waals surface area contributed by atoms with Crippen molar-refractivity contribution in [1.82, 2.24) is 19.9 Å². The van der Waals surface area contributed by atoms with E-state index in [1.54, 1.807) is 11.8 Å². The number of hydrogen-bond acceptors (Lipinski definition) is 4. The molecule has 0 aliphatic rings. The molecule has 0 saturated heterocycles. The lowest BCUT2D eigenvalue weighted by molar-refractivity contribution is -0.122. The van der Waals surface area contributed by atoms with Crippen molar-refractivity contribution in [3.8, 4) is 0 Å². The maximum absolute atomic E-state index is 12.1. The van der Waals surface area contributed by atoms with Crippen LogP contribution >= 0.6 is 11.8 Å². The molecule has 21 heavy (non-hydrogen) atoms. The Kier molecular flexibility index (Phi) is 5.61. The Morgan fingerprint density at radius 2 is 2.19 bits per heavy atom. The van der Waals surface area contributed by atoms with E-state index in [1.165, 1.54) is 0 Å². The van der Waals surface area contributed by atoms with Crippen molar-refractivity contribution >= 4 is 23.3 Å². The summed E-state index contributed by atoms with van der Waals surface area (Å²) in [6.07, 6.45) is 5.38. The summed E-state index contributed by atoms with van der Waals surface area (Å²) in [6.45, 7) is 4.09. The molecule has 0 bridgehead atoms. The topological polar surface area (TPSA) is 59.3 Å². The number of nitrogens with zero attached hydrogens (tertiary/aromatic N) is 3. The molecule has 0 spiro atoms. The summed E-state index contributed by atoms with van der Waals surface area (Å²) in [6, 6.07) is 5.70. The second-order valence-electron chi connectivity index (χ2n) is 5.49. The number of carbonyl (C=O) groups is 1. The average Bonchev–Trinajstić information content (AvgIpc) is 2.86. The van der Waals surface area contributed by atoms with Crippen LogP contribution in [-0.2, 0) is 4.79 Å². The molecule has 2 rings (SSSR count). The van der Waals surface area contributed by atoms with Crippen LogP contribution in [0.15, 0.2) is 24.4 Å². The van der Waals surface area contributed by atoms with Gasteiger partial charge in [0.05, 0.1) is 6.04 Å². The molecule has 2 heterocycles. The number of carbonyl (C=O) groups excluding carboxylic acids is 1. The minimum absolute atomic E-state index is 0.0729. The van der Waals surface area contributed by atoms with Gasteiger partial charge in [0.2, 0.25) is 5.91 Å². The number of nitrogens with one attached hydrogen (secondary N) is 1. The van der Waals surface area contributed by atoms with E-state index in [4.69, 9.17) is 0 Å². The third-order valence-electron chi connectivity index (χ3n) is 3.19. The molecule has 0 aromatic carbocycles. The Hall–Kier alpha value is -1.56. The lowest BCUT2D eigenvalue weighted by atomic mass is 10.1. The van der Waals surface area contributed by atoms with Crippen molar-refractivity contribution in [2.75, 3.05) is 12.0 Å². The van der Waals surface area contributed by atoms with Crippen LogP contribution in [0.3, 0.4) is 0 Å². The zero-order chi connectivity index (χ0) is 15.2. The fourth-order valence-electron chi connectivity index (χ4n) is 2.22. The Morgan fingerprint density at radius 3 is 2.90 bits per heavy atom. The van der Waals surface area contributed by atoms with Crippen LogP contribution in [0.1, 0.15) is 38.6 Å². The summed E-state index contributed by atoms with van der Waals surface area (Å²) in [5.74, 6) is 2.19. The highest BCUT2D eigenvalue weighted by molar-refractivity contribution is 7.98. The Bertz CT molecular complexity index is 596. The summed E-state index contributed by atoms with van der Waals surface area (Å²) in [7, 11) is 0. The van der Waals surface area contributed by atoms with Gasteiger partial charge in [-0.1, -0.05) is 19.9 Å². The number of pyridine rings is 1. The van der Waals surface area contributed by atoms with Crippen molar-refractivity contribution in [1.29, 1.82) is 0 Å². The van der Waals surface area contributed by atoms with Crippen LogP contribution in [0.2, 0.25) is 0 Å². The van der Waals surface area contributed by atoms with Gasteiger partial charge in [0.25, 0.3) is 0 Å². The molecule has 114 valence electrons. The summed E-state index contributed by atoms with van der Waals surface area (Å²) in [4.78, 5) is 12.1. The van der Waals surface area contributed by atoms with Crippen molar-refractivity contribution in [2.45, 2.75) is 32.7 Å². The Balaban J connectivity index is 2.20. The predicted octanol–water partition coefficient (Wildman–Crippen LogP) is 2.69. The maximum atomic E-state index is 12.1. The van der Waals surface area contributed by atoms with E-state index >= 15 is 0 Å². The molecule has 0 saturated carbocycles. The predicted molar refractivity (Wildman–Crippen MR) is 86.3 cm³/mol. The van der Waals surface area contributed by atoms with E-state index in [-0.39, 0.29) is 11.9 Å². The molecule has 2 aromatic rings. The number of thioether (sulfide) groups is 1. The molecular weight excluding hydrogens is 284 g/mol. The highest BCUT2D eigenvalue weighted by atomic mass is 32.2. The average molecular weight is 306 g/mol. The van der Waals surface area contributed by atoms with Gasteiger partial charge in [-0.3, -0.25) is 9.20 Å². The molecule has 2 aromatic heterocycles. The largest absolute Gasteiger partial charge is 0.346 e. The van der Waals surface area contributed by atoms with Gasteiger partial charge in [-0.2, -0.15) is 11.8 Å². The van der Waals surface area contributed by atoms with Crippen LogP contribution in [0.4, 0.5) is 0 Å². The first-order chi connectivity index (χ1) is 10.1. The molecule has 5 nitrogen and oxygen atoms in total. The smallest absolute Gasteiger partial charge is 0.220 e. The number of fused-ring (bicyclic) bond motifs is 1. The van der Waals surface area contributed by atoms with E-state index in [0.717, 1.165) is 23.6 Å². The minimum atomic E-state index is -0.0962. The van der Waals surface area contributed by atoms with Gasteiger partial charge in [0.15, 0.2) is 11.5 Å². The molecule has 0 aliphatic carbocycles. The molecule has 0 fully saturated rings. The van der Waals surface area contributed by atoms with Crippen molar-refractivity contribution in [3.63, 3.8) is 0 Å². The van der Waals surface area contributed by atoms with Crippen LogP contribution in [0.5, 0.6) is 0 Å². The van der Waals surface area contributed by atoms with E-state index in [2.05, 4.69) is 21.8 Å². The fourth-order valence-corrected chi connectivity index (χ4v) is 2.69. The van der Waals surface area contributed by atoms with E-state index in [9.17, 15) is 4.79 Å². The number of amides is 1. The minimum Gasteiger partial charge on any atom is -0.346 e. The van der Waals surface area contributed by atoms with Crippen molar-refractivity contribution < 1.29 is 4.79 Å². The summed E-state index contributed by atoms with van der Waals surface area (Å²) < 4.78 is 1.95. The summed E-state index contributed by atoms with van der Waals surface area (Å²) in [5.41, 5.74) is 0.805. The Morgan fingerprint density at radius 1 is 1.38 bits per heavy atom. The molecule has 1 atom stereocenters. The standard InChI is InChI=1S/C15H22N4OS/c1-11(2)10-14(20)16-12(7-9-21-3)15-18-17-13-6-4-5-8-19(13)15/h4-6,8,11-12H,7,9-10H2,1-3H3,(H,16,20). The van der Waals surface area contributed by atoms with Crippen molar-refractivity contribution in [3.05, 3.63) is 30.2 Å². The fraction of sp³-hybridized carbons (Fsp3) is 0.533. The first kappa shape index (κ1) is 15.8. The zero-order valence-corrected chi connectivity index (χ0v) is 13.6. The number of hydrogen-bond donors (Lipinski definition) is 1. The third-order valence-corrected chi connectivity index (χ3v) is 3.84. The van der Waals surface area contributed by atoms with E-state index in [1.807, 2.05) is 42.6 Å². The molecular formula is C15H22N4OS.